The minimum Gasteiger partial charge on any atom is -0.507 e. The maximum Gasteiger partial charge on any atom is 0.257 e. The first-order valence-corrected chi connectivity index (χ1v) is 8.14. The van der Waals surface area contributed by atoms with Crippen LogP contribution in [0.25, 0.3) is 0 Å². The molecule has 110 valence electrons. The molecule has 1 aromatic rings. The Morgan fingerprint density at radius 2 is 2.30 bits per heavy atom. The average molecular weight is 388 g/mol. The van der Waals surface area contributed by atoms with Gasteiger partial charge in [-0.3, -0.25) is 4.79 Å². The summed E-state index contributed by atoms with van der Waals surface area (Å²) in [4.78, 5) is 14.5. The van der Waals surface area contributed by atoms with Crippen LogP contribution in [0, 0.1) is 9.49 Å². The number of halogens is 1. The SMILES string of the molecule is CCC1CCN(C(=O)c2cc(I)ccc2O)C(CN)C1. The fourth-order valence-electron chi connectivity index (χ4n) is 2.83. The van der Waals surface area contributed by atoms with Gasteiger partial charge in [0.05, 0.1) is 5.56 Å². The quantitative estimate of drug-likeness (QED) is 0.783. The monoisotopic (exact) mass is 388 g/mol. The van der Waals surface area contributed by atoms with Crippen LogP contribution in [-0.4, -0.2) is 35.0 Å². The van der Waals surface area contributed by atoms with E-state index in [1.54, 1.807) is 18.2 Å². The first kappa shape index (κ1) is 15.6. The van der Waals surface area contributed by atoms with Gasteiger partial charge in [-0.05, 0) is 59.5 Å². The third-order valence-corrected chi connectivity index (χ3v) is 4.79. The fourth-order valence-corrected chi connectivity index (χ4v) is 3.32. The van der Waals surface area contributed by atoms with Gasteiger partial charge in [-0.25, -0.2) is 0 Å². The van der Waals surface area contributed by atoms with E-state index in [4.69, 9.17) is 5.73 Å². The number of phenols is 1. The predicted octanol–water partition coefficient (Wildman–Crippen LogP) is 2.59. The summed E-state index contributed by atoms with van der Waals surface area (Å²) >= 11 is 2.14. The lowest BCUT2D eigenvalue weighted by atomic mass is 9.88. The van der Waals surface area contributed by atoms with Crippen molar-refractivity contribution in [3.8, 4) is 5.75 Å². The summed E-state index contributed by atoms with van der Waals surface area (Å²) in [5.74, 6) is 0.590. The van der Waals surface area contributed by atoms with Gasteiger partial charge >= 0.3 is 0 Å². The van der Waals surface area contributed by atoms with Crippen LogP contribution in [0.1, 0.15) is 36.5 Å². The second-order valence-corrected chi connectivity index (χ2v) is 6.59. The van der Waals surface area contributed by atoms with Crippen LogP contribution in [0.3, 0.4) is 0 Å². The molecule has 1 fully saturated rings. The molecule has 1 aromatic carbocycles. The van der Waals surface area contributed by atoms with Crippen LogP contribution in [-0.2, 0) is 0 Å². The van der Waals surface area contributed by atoms with E-state index in [2.05, 4.69) is 29.5 Å². The van der Waals surface area contributed by atoms with Crippen LogP contribution < -0.4 is 5.73 Å². The van der Waals surface area contributed by atoms with Gasteiger partial charge in [-0.15, -0.1) is 0 Å². The molecule has 4 nitrogen and oxygen atoms in total. The van der Waals surface area contributed by atoms with E-state index in [-0.39, 0.29) is 17.7 Å². The number of phenolic OH excluding ortho intramolecular Hbond substituents is 1. The maximum absolute atomic E-state index is 12.6. The van der Waals surface area contributed by atoms with E-state index >= 15 is 0 Å². The van der Waals surface area contributed by atoms with Crippen molar-refractivity contribution < 1.29 is 9.90 Å². The number of carbonyl (C=O) groups is 1. The number of piperidine rings is 1. The van der Waals surface area contributed by atoms with E-state index in [0.29, 0.717) is 18.0 Å². The number of likely N-dealkylation sites (tertiary alicyclic amines) is 1. The van der Waals surface area contributed by atoms with Gasteiger partial charge in [-0.2, -0.15) is 0 Å². The zero-order chi connectivity index (χ0) is 14.7. The molecular weight excluding hydrogens is 367 g/mol. The number of aromatic hydroxyl groups is 1. The lowest BCUT2D eigenvalue weighted by molar-refractivity contribution is 0.0555. The summed E-state index contributed by atoms with van der Waals surface area (Å²) < 4.78 is 0.941. The number of hydrogen-bond donors (Lipinski definition) is 2. The van der Waals surface area contributed by atoms with Gasteiger partial charge in [0, 0.05) is 22.7 Å². The lowest BCUT2D eigenvalue weighted by Crippen LogP contribution is -2.49. The zero-order valence-electron chi connectivity index (χ0n) is 11.7. The highest BCUT2D eigenvalue weighted by molar-refractivity contribution is 14.1. The first-order valence-electron chi connectivity index (χ1n) is 7.06. The fraction of sp³-hybridized carbons (Fsp3) is 0.533. The van der Waals surface area contributed by atoms with E-state index < -0.39 is 0 Å². The summed E-state index contributed by atoms with van der Waals surface area (Å²) in [6.07, 6.45) is 3.11. The van der Waals surface area contributed by atoms with Crippen molar-refractivity contribution in [1.82, 2.24) is 4.90 Å². The number of rotatable bonds is 3. The topological polar surface area (TPSA) is 66.6 Å². The van der Waals surface area contributed by atoms with Crippen LogP contribution in [0.5, 0.6) is 5.75 Å². The average Bonchev–Trinajstić information content (AvgIpc) is 2.48. The Balaban J connectivity index is 2.21. The van der Waals surface area contributed by atoms with Gasteiger partial charge in [0.25, 0.3) is 5.91 Å². The number of amides is 1. The number of nitrogens with two attached hydrogens (primary N) is 1. The maximum atomic E-state index is 12.6. The normalized spacial score (nSPS) is 22.9. The minimum absolute atomic E-state index is 0.0452. The summed E-state index contributed by atoms with van der Waals surface area (Å²) in [5.41, 5.74) is 6.22. The van der Waals surface area contributed by atoms with E-state index in [9.17, 15) is 9.90 Å². The molecule has 0 bridgehead atoms. The molecule has 1 aliphatic rings. The molecule has 20 heavy (non-hydrogen) atoms. The molecule has 0 aliphatic carbocycles. The predicted molar refractivity (Wildman–Crippen MR) is 87.7 cm³/mol. The highest BCUT2D eigenvalue weighted by atomic mass is 127. The smallest absolute Gasteiger partial charge is 0.257 e. The van der Waals surface area contributed by atoms with Crippen LogP contribution in [0.4, 0.5) is 0 Å². The molecule has 1 heterocycles. The molecule has 1 saturated heterocycles. The molecule has 0 radical (unpaired) electrons. The molecular formula is C15H21IN2O2. The third-order valence-electron chi connectivity index (χ3n) is 4.12. The molecule has 2 rings (SSSR count). The summed E-state index contributed by atoms with van der Waals surface area (Å²) in [5, 5.41) is 9.91. The third kappa shape index (κ3) is 3.25. The molecule has 5 heteroatoms. The number of nitrogens with zero attached hydrogens (tertiary/aromatic N) is 1. The summed E-state index contributed by atoms with van der Waals surface area (Å²) in [6.45, 7) is 3.39. The first-order chi connectivity index (χ1) is 9.56. The Kier molecular flexibility index (Phi) is 5.26. The largest absolute Gasteiger partial charge is 0.507 e. The van der Waals surface area contributed by atoms with Crippen LogP contribution in [0.2, 0.25) is 0 Å². The van der Waals surface area contributed by atoms with Gasteiger partial charge in [0.2, 0.25) is 0 Å². The standard InChI is InChI=1S/C15H21IN2O2/c1-2-10-5-6-18(12(7-10)9-17)15(20)13-8-11(16)3-4-14(13)19/h3-4,8,10,12,19H,2,5-7,9,17H2,1H3. The molecule has 2 atom stereocenters. The Bertz CT molecular complexity index is 493. The molecule has 0 saturated carbocycles. The molecule has 1 amide bonds. The number of hydrogen-bond acceptors (Lipinski definition) is 3. The van der Waals surface area contributed by atoms with Crippen LogP contribution in [0.15, 0.2) is 18.2 Å². The molecule has 3 N–H and O–H groups in total. The van der Waals surface area contributed by atoms with Crippen molar-refractivity contribution in [1.29, 1.82) is 0 Å². The van der Waals surface area contributed by atoms with Gasteiger partial charge in [0.1, 0.15) is 5.75 Å². The summed E-state index contributed by atoms with van der Waals surface area (Å²) in [6, 6.07) is 5.18. The summed E-state index contributed by atoms with van der Waals surface area (Å²) in [7, 11) is 0. The van der Waals surface area contributed by atoms with Crippen molar-refractivity contribution in [3.63, 3.8) is 0 Å². The van der Waals surface area contributed by atoms with Crippen molar-refractivity contribution >= 4 is 28.5 Å². The van der Waals surface area contributed by atoms with Crippen molar-refractivity contribution in [2.24, 2.45) is 11.7 Å². The Labute approximate surface area is 133 Å². The molecule has 1 aliphatic heterocycles. The highest BCUT2D eigenvalue weighted by Gasteiger charge is 2.31. The van der Waals surface area contributed by atoms with Gasteiger partial charge in [0.15, 0.2) is 0 Å². The molecule has 2 unspecified atom stereocenters. The zero-order valence-corrected chi connectivity index (χ0v) is 13.8. The van der Waals surface area contributed by atoms with Crippen molar-refractivity contribution in [2.75, 3.05) is 13.1 Å². The van der Waals surface area contributed by atoms with E-state index in [1.807, 2.05) is 4.90 Å². The van der Waals surface area contributed by atoms with Gasteiger partial charge in [-0.1, -0.05) is 13.3 Å². The highest BCUT2D eigenvalue weighted by Crippen LogP contribution is 2.28. The van der Waals surface area contributed by atoms with E-state index in [1.165, 1.54) is 0 Å². The Morgan fingerprint density at radius 3 is 2.95 bits per heavy atom. The lowest BCUT2D eigenvalue weighted by Gasteiger charge is -2.39. The van der Waals surface area contributed by atoms with Crippen LogP contribution >= 0.6 is 22.6 Å². The van der Waals surface area contributed by atoms with Gasteiger partial charge < -0.3 is 15.7 Å². The molecule has 0 aromatic heterocycles. The van der Waals surface area contributed by atoms with Crippen molar-refractivity contribution in [3.05, 3.63) is 27.3 Å². The Hall–Kier alpha value is -0.820. The minimum atomic E-state index is -0.106. The Morgan fingerprint density at radius 1 is 1.55 bits per heavy atom. The van der Waals surface area contributed by atoms with E-state index in [0.717, 1.165) is 29.4 Å². The number of carbonyl (C=O) groups excluding carboxylic acids is 1. The molecule has 0 spiro atoms. The number of benzene rings is 1. The van der Waals surface area contributed by atoms with Crippen molar-refractivity contribution in [2.45, 2.75) is 32.2 Å². The second-order valence-electron chi connectivity index (χ2n) is 5.35. The second kappa shape index (κ2) is 6.76.